The lowest BCUT2D eigenvalue weighted by Gasteiger charge is -2.21. The number of fused-ring (bicyclic) bond motifs is 1. The molecule has 2 aromatic carbocycles. The number of aromatic nitrogens is 2. The molecule has 2 aromatic heterocycles. The first-order valence-corrected chi connectivity index (χ1v) is 14.1. The molecule has 0 spiro atoms. The normalized spacial score (nSPS) is 11.4. The van der Waals surface area contributed by atoms with E-state index in [0.29, 0.717) is 31.7 Å². The molecule has 11 heteroatoms. The van der Waals surface area contributed by atoms with Crippen LogP contribution in [0, 0.1) is 0 Å². The van der Waals surface area contributed by atoms with E-state index in [1.807, 2.05) is 6.07 Å². The summed E-state index contributed by atoms with van der Waals surface area (Å²) >= 11 is 7.69. The van der Waals surface area contributed by atoms with Crippen molar-refractivity contribution in [1.82, 2.24) is 14.3 Å². The lowest BCUT2D eigenvalue weighted by molar-refractivity contribution is 0.0985. The molecule has 0 aliphatic carbocycles. The first-order valence-electron chi connectivity index (χ1n) is 11.5. The highest BCUT2D eigenvalue weighted by molar-refractivity contribution is 7.89. The van der Waals surface area contributed by atoms with Crippen LogP contribution in [0.2, 0.25) is 5.02 Å². The molecular weight excluding hydrogens is 544 g/mol. The van der Waals surface area contributed by atoms with Crippen molar-refractivity contribution >= 4 is 54.2 Å². The van der Waals surface area contributed by atoms with Gasteiger partial charge in [-0.25, -0.2) is 13.4 Å². The van der Waals surface area contributed by atoms with Gasteiger partial charge in [0.05, 0.1) is 28.3 Å². The number of hydrogen-bond acceptors (Lipinski definition) is 7. The van der Waals surface area contributed by atoms with Crippen LogP contribution < -0.4 is 9.64 Å². The number of methoxy groups -OCH3 is 1. The molecule has 2 heterocycles. The molecule has 0 aliphatic heterocycles. The number of amides is 1. The molecular formula is C27H25ClN4O4S2. The molecule has 4 aromatic rings. The zero-order chi connectivity index (χ0) is 27.3. The molecule has 38 heavy (non-hydrogen) atoms. The summed E-state index contributed by atoms with van der Waals surface area (Å²) in [6.45, 7) is 7.72. The highest BCUT2D eigenvalue weighted by Gasteiger charge is 2.26. The monoisotopic (exact) mass is 568 g/mol. The lowest BCUT2D eigenvalue weighted by Crippen LogP contribution is -2.32. The van der Waals surface area contributed by atoms with Gasteiger partial charge in [0.15, 0.2) is 5.13 Å². The van der Waals surface area contributed by atoms with Gasteiger partial charge in [-0.05, 0) is 48.0 Å². The Kier molecular flexibility index (Phi) is 8.58. The zero-order valence-electron chi connectivity index (χ0n) is 20.6. The molecule has 0 saturated heterocycles. The van der Waals surface area contributed by atoms with Crippen molar-refractivity contribution in [2.24, 2.45) is 0 Å². The van der Waals surface area contributed by atoms with E-state index in [0.717, 1.165) is 5.56 Å². The predicted molar refractivity (Wildman–Crippen MR) is 152 cm³/mol. The minimum absolute atomic E-state index is 0.0630. The fraction of sp³-hybridized carbons (Fsp3) is 0.148. The summed E-state index contributed by atoms with van der Waals surface area (Å²) in [5.74, 6) is 0.180. The summed E-state index contributed by atoms with van der Waals surface area (Å²) in [7, 11) is -2.26. The van der Waals surface area contributed by atoms with Gasteiger partial charge < -0.3 is 4.74 Å². The van der Waals surface area contributed by atoms with Crippen molar-refractivity contribution in [3.8, 4) is 5.75 Å². The van der Waals surface area contributed by atoms with Gasteiger partial charge >= 0.3 is 0 Å². The van der Waals surface area contributed by atoms with Crippen LogP contribution >= 0.6 is 22.9 Å². The number of pyridine rings is 1. The molecule has 8 nitrogen and oxygen atoms in total. The minimum atomic E-state index is -3.80. The fourth-order valence-electron chi connectivity index (χ4n) is 3.76. The summed E-state index contributed by atoms with van der Waals surface area (Å²) in [5, 5.41) is 0.914. The lowest BCUT2D eigenvalue weighted by atomic mass is 10.2. The first kappa shape index (κ1) is 27.5. The van der Waals surface area contributed by atoms with Gasteiger partial charge in [-0.1, -0.05) is 41.2 Å². The van der Waals surface area contributed by atoms with Crippen molar-refractivity contribution in [1.29, 1.82) is 0 Å². The van der Waals surface area contributed by atoms with Gasteiger partial charge in [0, 0.05) is 31.0 Å². The fourth-order valence-corrected chi connectivity index (χ4v) is 6.39. The van der Waals surface area contributed by atoms with Gasteiger partial charge in [0.25, 0.3) is 5.91 Å². The SMILES string of the molecule is C=CCN(CC=C)S(=O)(=O)c1ccc(C(=O)N(Cc2cccnc2)c2nc3c(OC)ccc(Cl)c3s2)cc1. The summed E-state index contributed by atoms with van der Waals surface area (Å²) in [6, 6.07) is 12.9. The maximum Gasteiger partial charge on any atom is 0.260 e. The average molecular weight is 569 g/mol. The molecule has 0 atom stereocenters. The molecule has 0 aliphatic rings. The Morgan fingerprint density at radius 3 is 2.42 bits per heavy atom. The Bertz CT molecular complexity index is 1560. The Hall–Kier alpha value is -3.57. The second kappa shape index (κ2) is 11.9. The number of carbonyl (C=O) groups excluding carboxylic acids is 1. The third-order valence-electron chi connectivity index (χ3n) is 5.61. The number of anilines is 1. The number of sulfonamides is 1. The van der Waals surface area contributed by atoms with Gasteiger partial charge in [0.1, 0.15) is 11.3 Å². The highest BCUT2D eigenvalue weighted by atomic mass is 35.5. The van der Waals surface area contributed by atoms with Crippen LogP contribution in [-0.4, -0.2) is 48.8 Å². The number of ether oxygens (including phenoxy) is 1. The van der Waals surface area contributed by atoms with E-state index >= 15 is 0 Å². The largest absolute Gasteiger partial charge is 0.494 e. The van der Waals surface area contributed by atoms with Crippen LogP contribution in [0.25, 0.3) is 10.2 Å². The molecule has 1 amide bonds. The third kappa shape index (κ3) is 5.63. The van der Waals surface area contributed by atoms with E-state index in [4.69, 9.17) is 16.3 Å². The molecule has 0 N–H and O–H groups in total. The zero-order valence-corrected chi connectivity index (χ0v) is 23.0. The van der Waals surface area contributed by atoms with E-state index in [2.05, 4.69) is 23.1 Å². The van der Waals surface area contributed by atoms with Crippen LogP contribution in [0.5, 0.6) is 5.75 Å². The predicted octanol–water partition coefficient (Wildman–Crippen LogP) is 5.56. The number of carbonyl (C=O) groups is 1. The Morgan fingerprint density at radius 1 is 1.11 bits per heavy atom. The number of thiazole rings is 1. The van der Waals surface area contributed by atoms with Crippen molar-refractivity contribution < 1.29 is 17.9 Å². The smallest absolute Gasteiger partial charge is 0.260 e. The number of rotatable bonds is 11. The number of nitrogens with zero attached hydrogens (tertiary/aromatic N) is 4. The Labute approximate surface area is 230 Å². The highest BCUT2D eigenvalue weighted by Crippen LogP contribution is 2.39. The van der Waals surface area contributed by atoms with Crippen molar-refractivity contribution in [2.75, 3.05) is 25.1 Å². The van der Waals surface area contributed by atoms with Crippen LogP contribution in [0.15, 0.2) is 91.1 Å². The molecule has 0 bridgehead atoms. The summed E-state index contributed by atoms with van der Waals surface area (Å²) < 4.78 is 33.5. The summed E-state index contributed by atoms with van der Waals surface area (Å²) in [5.41, 5.74) is 1.64. The second-order valence-electron chi connectivity index (χ2n) is 8.10. The number of halogens is 1. The first-order chi connectivity index (χ1) is 18.3. The topological polar surface area (TPSA) is 92.7 Å². The van der Waals surface area contributed by atoms with Crippen molar-refractivity contribution in [3.63, 3.8) is 0 Å². The third-order valence-corrected chi connectivity index (χ3v) is 9.00. The van der Waals surface area contributed by atoms with Gasteiger partial charge in [-0.3, -0.25) is 14.7 Å². The summed E-state index contributed by atoms with van der Waals surface area (Å²) in [4.78, 5) is 24.2. The van der Waals surface area contributed by atoms with Crippen LogP contribution in [-0.2, 0) is 16.6 Å². The average Bonchev–Trinajstić information content (AvgIpc) is 3.38. The van der Waals surface area contributed by atoms with Gasteiger partial charge in [0.2, 0.25) is 10.0 Å². The molecule has 0 fully saturated rings. The maximum atomic E-state index is 13.8. The number of hydrogen-bond donors (Lipinski definition) is 0. The van der Waals surface area contributed by atoms with E-state index in [1.165, 1.54) is 57.0 Å². The second-order valence-corrected chi connectivity index (χ2v) is 11.4. The Balaban J connectivity index is 1.73. The standard InChI is InChI=1S/C27H25ClN4O4S2/c1-4-15-31(16-5-2)38(34,35)21-10-8-20(9-11-21)26(33)32(18-19-7-6-14-29-17-19)27-30-24-23(36-3)13-12-22(28)25(24)37-27/h4-14,17H,1-2,15-16,18H2,3H3. The molecule has 0 saturated carbocycles. The quantitative estimate of drug-likeness (QED) is 0.220. The van der Waals surface area contributed by atoms with Gasteiger partial charge in [-0.2, -0.15) is 4.31 Å². The maximum absolute atomic E-state index is 13.8. The van der Waals surface area contributed by atoms with Crippen LogP contribution in [0.4, 0.5) is 5.13 Å². The summed E-state index contributed by atoms with van der Waals surface area (Å²) in [6.07, 6.45) is 6.34. The van der Waals surface area contributed by atoms with Crippen molar-refractivity contribution in [2.45, 2.75) is 11.4 Å². The van der Waals surface area contributed by atoms with E-state index in [9.17, 15) is 13.2 Å². The van der Waals surface area contributed by atoms with E-state index < -0.39 is 10.0 Å². The molecule has 4 rings (SSSR count). The van der Waals surface area contributed by atoms with E-state index in [1.54, 1.807) is 37.7 Å². The van der Waals surface area contributed by atoms with Crippen LogP contribution in [0.3, 0.4) is 0 Å². The van der Waals surface area contributed by atoms with E-state index in [-0.39, 0.29) is 30.4 Å². The van der Waals surface area contributed by atoms with Gasteiger partial charge in [-0.15, -0.1) is 13.2 Å². The molecule has 196 valence electrons. The molecule has 0 radical (unpaired) electrons. The van der Waals surface area contributed by atoms with Crippen LogP contribution in [0.1, 0.15) is 15.9 Å². The number of benzene rings is 2. The van der Waals surface area contributed by atoms with Crippen molar-refractivity contribution in [3.05, 3.63) is 102 Å². The Morgan fingerprint density at radius 2 is 1.82 bits per heavy atom. The minimum Gasteiger partial charge on any atom is -0.494 e. The molecule has 0 unspecified atom stereocenters.